The summed E-state index contributed by atoms with van der Waals surface area (Å²) in [4.78, 5) is 29.9. The zero-order chi connectivity index (χ0) is 15.5. The number of allylic oxidation sites excluding steroid dienone is 1. The van der Waals surface area contributed by atoms with Crippen molar-refractivity contribution in [2.24, 2.45) is 5.41 Å². The van der Waals surface area contributed by atoms with Gasteiger partial charge in [0.15, 0.2) is 0 Å². The number of hydrogen-bond donors (Lipinski definition) is 1. The van der Waals surface area contributed by atoms with Gasteiger partial charge in [-0.15, -0.1) is 17.9 Å². The lowest BCUT2D eigenvalue weighted by atomic mass is 9.77. The highest BCUT2D eigenvalue weighted by atomic mass is 32.1. The van der Waals surface area contributed by atoms with Crippen molar-refractivity contribution >= 4 is 23.2 Å². The van der Waals surface area contributed by atoms with Crippen LogP contribution >= 0.6 is 11.3 Å². The third-order valence-electron chi connectivity index (χ3n) is 3.92. The Morgan fingerprint density at radius 3 is 2.95 bits per heavy atom. The van der Waals surface area contributed by atoms with Crippen LogP contribution in [0.5, 0.6) is 0 Å². The van der Waals surface area contributed by atoms with Gasteiger partial charge in [0.2, 0.25) is 5.91 Å². The molecule has 114 valence electrons. The fraction of sp³-hybridized carbons (Fsp3) is 0.533. The topological polar surface area (TPSA) is 70.5 Å². The van der Waals surface area contributed by atoms with Gasteiger partial charge in [-0.3, -0.25) is 9.59 Å². The molecule has 1 aromatic rings. The summed E-state index contributed by atoms with van der Waals surface area (Å²) in [5, 5.41) is 12.3. The molecule has 0 radical (unpaired) electrons. The molecule has 0 spiro atoms. The fourth-order valence-electron chi connectivity index (χ4n) is 2.81. The summed E-state index contributed by atoms with van der Waals surface area (Å²) in [6.45, 7) is 6.43. The molecule has 2 rings (SSSR count). The Labute approximate surface area is 128 Å². The van der Waals surface area contributed by atoms with Crippen molar-refractivity contribution in [2.45, 2.75) is 32.6 Å². The van der Waals surface area contributed by atoms with Gasteiger partial charge in [-0.2, -0.15) is 0 Å². The number of aromatic nitrogens is 1. The smallest absolute Gasteiger partial charge is 0.311 e. The van der Waals surface area contributed by atoms with Crippen LogP contribution < -0.4 is 0 Å². The normalized spacial score (nSPS) is 22.0. The molecule has 21 heavy (non-hydrogen) atoms. The number of aryl methyl sites for hydroxylation is 1. The molecule has 1 fully saturated rings. The molecular weight excluding hydrogens is 288 g/mol. The molecule has 1 amide bonds. The van der Waals surface area contributed by atoms with Gasteiger partial charge in [-0.1, -0.05) is 6.08 Å². The monoisotopic (exact) mass is 308 g/mol. The minimum Gasteiger partial charge on any atom is -0.481 e. The SMILES string of the molecule is C=CCC1(C(=O)O)CCCN(C(=O)Cc2csc(C)n2)C1. The Kier molecular flexibility index (Phi) is 4.77. The summed E-state index contributed by atoms with van der Waals surface area (Å²) in [5.41, 5.74) is -0.120. The predicted molar refractivity (Wildman–Crippen MR) is 81.3 cm³/mol. The molecule has 1 saturated heterocycles. The molecule has 0 bridgehead atoms. The lowest BCUT2D eigenvalue weighted by Gasteiger charge is -2.39. The van der Waals surface area contributed by atoms with E-state index in [0.29, 0.717) is 25.8 Å². The van der Waals surface area contributed by atoms with Crippen molar-refractivity contribution in [1.82, 2.24) is 9.88 Å². The largest absolute Gasteiger partial charge is 0.481 e. The maximum atomic E-state index is 12.4. The fourth-order valence-corrected chi connectivity index (χ4v) is 3.42. The zero-order valence-corrected chi connectivity index (χ0v) is 13.0. The van der Waals surface area contributed by atoms with E-state index in [9.17, 15) is 14.7 Å². The predicted octanol–water partition coefficient (Wildman–Crippen LogP) is 2.26. The summed E-state index contributed by atoms with van der Waals surface area (Å²) in [7, 11) is 0. The van der Waals surface area contributed by atoms with Gasteiger partial charge < -0.3 is 10.0 Å². The first-order chi connectivity index (χ1) is 9.97. The third-order valence-corrected chi connectivity index (χ3v) is 4.74. The number of carbonyl (C=O) groups is 2. The highest BCUT2D eigenvalue weighted by Gasteiger charge is 2.42. The van der Waals surface area contributed by atoms with Crippen LogP contribution in [0.3, 0.4) is 0 Å². The number of hydrogen-bond acceptors (Lipinski definition) is 4. The molecule has 0 aromatic carbocycles. The molecule has 1 aliphatic heterocycles. The van der Waals surface area contributed by atoms with Crippen LogP contribution in [0.1, 0.15) is 30.0 Å². The molecular formula is C15H20N2O3S. The average molecular weight is 308 g/mol. The number of likely N-dealkylation sites (tertiary alicyclic amines) is 1. The first-order valence-corrected chi connectivity index (χ1v) is 7.88. The number of carbonyl (C=O) groups excluding carboxylic acids is 1. The van der Waals surface area contributed by atoms with Crippen LogP contribution in [0.4, 0.5) is 0 Å². The highest BCUT2D eigenvalue weighted by molar-refractivity contribution is 7.09. The lowest BCUT2D eigenvalue weighted by Crippen LogP contribution is -2.50. The minimum absolute atomic E-state index is 0.0466. The van der Waals surface area contributed by atoms with Crippen LogP contribution in [0.25, 0.3) is 0 Å². The number of carboxylic acids is 1. The van der Waals surface area contributed by atoms with Crippen LogP contribution in [-0.4, -0.2) is 40.0 Å². The number of carboxylic acid groups (broad SMARTS) is 1. The van der Waals surface area contributed by atoms with E-state index in [4.69, 9.17) is 0 Å². The van der Waals surface area contributed by atoms with E-state index in [-0.39, 0.29) is 18.9 Å². The van der Waals surface area contributed by atoms with E-state index < -0.39 is 11.4 Å². The number of piperidine rings is 1. The number of aliphatic carboxylic acids is 1. The molecule has 5 nitrogen and oxygen atoms in total. The third kappa shape index (κ3) is 3.50. The molecule has 6 heteroatoms. The second-order valence-corrected chi connectivity index (χ2v) is 6.59. The quantitative estimate of drug-likeness (QED) is 0.847. The Morgan fingerprint density at radius 1 is 1.62 bits per heavy atom. The van der Waals surface area contributed by atoms with Crippen molar-refractivity contribution in [3.05, 3.63) is 28.7 Å². The van der Waals surface area contributed by atoms with Crippen molar-refractivity contribution in [2.75, 3.05) is 13.1 Å². The van der Waals surface area contributed by atoms with Crippen LogP contribution in [0.15, 0.2) is 18.0 Å². The minimum atomic E-state index is -0.881. The Balaban J connectivity index is 2.07. The van der Waals surface area contributed by atoms with E-state index in [1.54, 1.807) is 11.0 Å². The average Bonchev–Trinajstić information content (AvgIpc) is 2.84. The maximum Gasteiger partial charge on any atom is 0.311 e. The summed E-state index contributed by atoms with van der Waals surface area (Å²) in [6, 6.07) is 0. The van der Waals surface area contributed by atoms with Crippen molar-refractivity contribution in [3.63, 3.8) is 0 Å². The Morgan fingerprint density at radius 2 is 2.38 bits per heavy atom. The van der Waals surface area contributed by atoms with Crippen LogP contribution in [-0.2, 0) is 16.0 Å². The van der Waals surface area contributed by atoms with E-state index >= 15 is 0 Å². The Hall–Kier alpha value is -1.69. The maximum absolute atomic E-state index is 12.4. The van der Waals surface area contributed by atoms with Gasteiger partial charge >= 0.3 is 5.97 Å². The molecule has 1 atom stereocenters. The van der Waals surface area contributed by atoms with Crippen molar-refractivity contribution in [1.29, 1.82) is 0 Å². The summed E-state index contributed by atoms with van der Waals surface area (Å²) in [5.74, 6) is -0.890. The van der Waals surface area contributed by atoms with Gasteiger partial charge in [-0.25, -0.2) is 4.98 Å². The first kappa shape index (κ1) is 15.7. The van der Waals surface area contributed by atoms with Crippen LogP contribution in [0.2, 0.25) is 0 Å². The number of rotatable bonds is 5. The molecule has 0 saturated carbocycles. The standard InChI is InChI=1S/C15H20N2O3S/c1-3-5-15(14(19)20)6-4-7-17(10-15)13(18)8-12-9-21-11(2)16-12/h3,9H,1,4-8,10H2,2H3,(H,19,20). The second kappa shape index (κ2) is 6.39. The highest BCUT2D eigenvalue weighted by Crippen LogP contribution is 2.34. The van der Waals surface area contributed by atoms with E-state index in [0.717, 1.165) is 10.7 Å². The van der Waals surface area contributed by atoms with Crippen LogP contribution in [0, 0.1) is 12.3 Å². The van der Waals surface area contributed by atoms with Crippen molar-refractivity contribution < 1.29 is 14.7 Å². The van der Waals surface area contributed by atoms with Gasteiger partial charge in [0, 0.05) is 18.5 Å². The molecule has 2 heterocycles. The molecule has 1 unspecified atom stereocenters. The van der Waals surface area contributed by atoms with Gasteiger partial charge in [0.05, 0.1) is 22.5 Å². The summed E-state index contributed by atoms with van der Waals surface area (Å²) >= 11 is 1.52. The first-order valence-electron chi connectivity index (χ1n) is 7.00. The Bertz CT molecular complexity index is 555. The summed E-state index contributed by atoms with van der Waals surface area (Å²) < 4.78 is 0. The zero-order valence-electron chi connectivity index (χ0n) is 12.2. The molecule has 1 aromatic heterocycles. The summed E-state index contributed by atoms with van der Waals surface area (Å²) in [6.07, 6.45) is 3.57. The second-order valence-electron chi connectivity index (χ2n) is 5.53. The number of nitrogens with zero attached hydrogens (tertiary/aromatic N) is 2. The van der Waals surface area contributed by atoms with E-state index in [1.807, 2.05) is 12.3 Å². The number of thiazole rings is 1. The van der Waals surface area contributed by atoms with Gasteiger partial charge in [0.1, 0.15) is 0 Å². The van der Waals surface area contributed by atoms with Gasteiger partial charge in [-0.05, 0) is 26.2 Å². The van der Waals surface area contributed by atoms with Crippen molar-refractivity contribution in [3.8, 4) is 0 Å². The molecule has 1 aliphatic rings. The van der Waals surface area contributed by atoms with E-state index in [2.05, 4.69) is 11.6 Å². The molecule has 0 aliphatic carbocycles. The van der Waals surface area contributed by atoms with Gasteiger partial charge in [0.25, 0.3) is 0 Å². The molecule has 1 N–H and O–H groups in total. The van der Waals surface area contributed by atoms with E-state index in [1.165, 1.54) is 11.3 Å². The number of amides is 1. The lowest BCUT2D eigenvalue weighted by molar-refractivity contribution is -0.154.